The molecule has 0 aromatic carbocycles. The van der Waals surface area contributed by atoms with Gasteiger partial charge in [-0.1, -0.05) is 13.8 Å². The number of ketones is 1. The summed E-state index contributed by atoms with van der Waals surface area (Å²) in [6.07, 6.45) is 4.65. The quantitative estimate of drug-likeness (QED) is 0.514. The number of nitrogens with zero attached hydrogens (tertiary/aromatic N) is 5. The minimum Gasteiger partial charge on any atom is -0.444 e. The van der Waals surface area contributed by atoms with Crippen LogP contribution >= 0.6 is 0 Å². The van der Waals surface area contributed by atoms with Crippen LogP contribution in [0.3, 0.4) is 0 Å². The van der Waals surface area contributed by atoms with E-state index in [1.807, 2.05) is 25.7 Å². The number of carbonyl (C=O) groups is 2. The van der Waals surface area contributed by atoms with Crippen molar-refractivity contribution in [1.29, 1.82) is 0 Å². The Morgan fingerprint density at radius 3 is 2.66 bits per heavy atom. The van der Waals surface area contributed by atoms with E-state index in [4.69, 9.17) is 4.74 Å². The van der Waals surface area contributed by atoms with Crippen LogP contribution in [0.15, 0.2) is 30.7 Å². The largest absolute Gasteiger partial charge is 0.444 e. The van der Waals surface area contributed by atoms with Gasteiger partial charge in [-0.2, -0.15) is 4.39 Å². The smallest absolute Gasteiger partial charge is 0.410 e. The number of amides is 1. The zero-order valence-electron chi connectivity index (χ0n) is 19.2. The van der Waals surface area contributed by atoms with Crippen molar-refractivity contribution >= 4 is 17.7 Å². The lowest BCUT2D eigenvalue weighted by molar-refractivity contribution is 0.0119. The number of hydrogen-bond donors (Lipinski definition) is 0. The van der Waals surface area contributed by atoms with Gasteiger partial charge in [0.1, 0.15) is 17.1 Å². The summed E-state index contributed by atoms with van der Waals surface area (Å²) in [6.45, 7) is 11.3. The Kier molecular flexibility index (Phi) is 7.06. The molecule has 0 spiro atoms. The molecule has 9 heteroatoms. The molecule has 2 aromatic heterocycles. The summed E-state index contributed by atoms with van der Waals surface area (Å²) in [4.78, 5) is 41.4. The van der Waals surface area contributed by atoms with Crippen molar-refractivity contribution in [2.75, 3.05) is 24.5 Å². The third-order valence-electron chi connectivity index (χ3n) is 5.04. The number of ether oxygens (including phenoxy) is 1. The molecule has 0 radical (unpaired) electrons. The maximum absolute atomic E-state index is 13.9. The van der Waals surface area contributed by atoms with Crippen LogP contribution in [0.1, 0.15) is 57.1 Å². The maximum atomic E-state index is 13.9. The molecule has 0 saturated carbocycles. The van der Waals surface area contributed by atoms with E-state index in [0.29, 0.717) is 31.4 Å². The fourth-order valence-electron chi connectivity index (χ4n) is 3.68. The summed E-state index contributed by atoms with van der Waals surface area (Å²) in [5.74, 6) is -0.529. The molecule has 1 atom stereocenters. The highest BCUT2D eigenvalue weighted by Crippen LogP contribution is 2.24. The second kappa shape index (κ2) is 9.58. The summed E-state index contributed by atoms with van der Waals surface area (Å²) in [6, 6.07) is 2.80. The van der Waals surface area contributed by atoms with Gasteiger partial charge in [0.2, 0.25) is 11.7 Å². The molecule has 1 saturated heterocycles. The van der Waals surface area contributed by atoms with E-state index >= 15 is 0 Å². The Morgan fingerprint density at radius 1 is 1.25 bits per heavy atom. The molecule has 3 heterocycles. The average molecular weight is 444 g/mol. The third-order valence-corrected chi connectivity index (χ3v) is 5.04. The molecule has 1 aliphatic rings. The van der Waals surface area contributed by atoms with Crippen LogP contribution in [-0.4, -0.2) is 63.0 Å². The van der Waals surface area contributed by atoms with Crippen LogP contribution in [0.25, 0.3) is 0 Å². The second-order valence-electron chi connectivity index (χ2n) is 9.34. The predicted octanol–water partition coefficient (Wildman–Crippen LogP) is 3.71. The molecule has 32 heavy (non-hydrogen) atoms. The molecular weight excluding hydrogens is 413 g/mol. The van der Waals surface area contributed by atoms with Gasteiger partial charge in [-0.15, -0.1) is 0 Å². The fourth-order valence-corrected chi connectivity index (χ4v) is 3.68. The molecule has 0 aliphatic carbocycles. The molecule has 0 bridgehead atoms. The van der Waals surface area contributed by atoms with E-state index in [-0.39, 0.29) is 23.4 Å². The van der Waals surface area contributed by atoms with Gasteiger partial charge in [-0.25, -0.2) is 14.8 Å². The standard InChI is InChI=1S/C23H30FN5O3/c1-15(2)11-16-14-28(9-10-29(16)22(31)32-23(3,4)5)19-13-25-12-18(27-19)20(30)17-7-6-8-26-21(17)24/h6-8,12-13,15-16H,9-11,14H2,1-5H3. The molecule has 8 nitrogen and oxygen atoms in total. The Hall–Kier alpha value is -3.10. The minimum atomic E-state index is -0.840. The monoisotopic (exact) mass is 443 g/mol. The molecular formula is C23H30FN5O3. The molecule has 3 rings (SSSR count). The molecule has 2 aromatic rings. The van der Waals surface area contributed by atoms with Gasteiger partial charge >= 0.3 is 6.09 Å². The zero-order chi connectivity index (χ0) is 23.5. The van der Waals surface area contributed by atoms with Crippen molar-refractivity contribution in [3.8, 4) is 0 Å². The number of hydrogen-bond acceptors (Lipinski definition) is 7. The van der Waals surface area contributed by atoms with Crippen LogP contribution in [-0.2, 0) is 4.74 Å². The zero-order valence-corrected chi connectivity index (χ0v) is 19.2. The van der Waals surface area contributed by atoms with Crippen LogP contribution < -0.4 is 4.90 Å². The van der Waals surface area contributed by atoms with E-state index in [2.05, 4.69) is 28.8 Å². The first kappa shape index (κ1) is 23.6. The lowest BCUT2D eigenvalue weighted by Gasteiger charge is -2.42. The first-order valence-electron chi connectivity index (χ1n) is 10.8. The van der Waals surface area contributed by atoms with Gasteiger partial charge in [-0.05, 0) is 45.2 Å². The molecule has 172 valence electrons. The summed E-state index contributed by atoms with van der Waals surface area (Å²) >= 11 is 0. The number of anilines is 1. The molecule has 1 amide bonds. The van der Waals surface area contributed by atoms with Gasteiger partial charge in [0.15, 0.2) is 0 Å². The Labute approximate surface area is 187 Å². The van der Waals surface area contributed by atoms with Crippen LogP contribution in [0.2, 0.25) is 0 Å². The third kappa shape index (κ3) is 5.77. The Balaban J connectivity index is 1.80. The number of rotatable bonds is 5. The van der Waals surface area contributed by atoms with Gasteiger partial charge in [-0.3, -0.25) is 9.78 Å². The van der Waals surface area contributed by atoms with Crippen molar-refractivity contribution in [2.24, 2.45) is 5.92 Å². The van der Waals surface area contributed by atoms with Crippen LogP contribution in [0.5, 0.6) is 0 Å². The topological polar surface area (TPSA) is 88.5 Å². The van der Waals surface area contributed by atoms with E-state index in [0.717, 1.165) is 6.42 Å². The van der Waals surface area contributed by atoms with Crippen molar-refractivity contribution in [3.63, 3.8) is 0 Å². The number of pyridine rings is 1. The summed E-state index contributed by atoms with van der Waals surface area (Å²) in [5.41, 5.74) is -0.672. The molecule has 1 aliphatic heterocycles. The van der Waals surface area contributed by atoms with Gasteiger partial charge in [0.05, 0.1) is 24.0 Å². The van der Waals surface area contributed by atoms with Crippen LogP contribution in [0.4, 0.5) is 15.0 Å². The van der Waals surface area contributed by atoms with Gasteiger partial charge < -0.3 is 14.5 Å². The highest BCUT2D eigenvalue weighted by molar-refractivity contribution is 6.07. The molecule has 0 N–H and O–H groups in total. The normalized spacial score (nSPS) is 16.9. The van der Waals surface area contributed by atoms with E-state index < -0.39 is 17.3 Å². The van der Waals surface area contributed by atoms with Crippen molar-refractivity contribution in [3.05, 3.63) is 47.9 Å². The SMILES string of the molecule is CC(C)CC1CN(c2cncc(C(=O)c3cccnc3F)n2)CCN1C(=O)OC(C)(C)C. The van der Waals surface area contributed by atoms with E-state index in [1.165, 1.54) is 24.5 Å². The van der Waals surface area contributed by atoms with Gasteiger partial charge in [0, 0.05) is 25.8 Å². The van der Waals surface area contributed by atoms with E-state index in [9.17, 15) is 14.0 Å². The summed E-state index contributed by atoms with van der Waals surface area (Å²) in [5, 5.41) is 0. The van der Waals surface area contributed by atoms with Crippen molar-refractivity contribution < 1.29 is 18.7 Å². The van der Waals surface area contributed by atoms with Crippen LogP contribution in [0, 0.1) is 11.9 Å². The van der Waals surface area contributed by atoms with Crippen molar-refractivity contribution in [1.82, 2.24) is 19.9 Å². The number of carbonyl (C=O) groups excluding carboxylic acids is 2. The predicted molar refractivity (Wildman–Crippen MR) is 118 cm³/mol. The summed E-state index contributed by atoms with van der Waals surface area (Å²) < 4.78 is 19.5. The lowest BCUT2D eigenvalue weighted by Crippen LogP contribution is -2.56. The first-order chi connectivity index (χ1) is 15.0. The number of halogens is 1. The summed E-state index contributed by atoms with van der Waals surface area (Å²) in [7, 11) is 0. The highest BCUT2D eigenvalue weighted by atomic mass is 19.1. The molecule has 1 fully saturated rings. The highest BCUT2D eigenvalue weighted by Gasteiger charge is 2.34. The van der Waals surface area contributed by atoms with Crippen molar-refractivity contribution in [2.45, 2.75) is 52.7 Å². The van der Waals surface area contributed by atoms with Gasteiger partial charge in [0.25, 0.3) is 0 Å². The molecule has 1 unspecified atom stereocenters. The number of aromatic nitrogens is 3. The van der Waals surface area contributed by atoms with E-state index in [1.54, 1.807) is 11.1 Å². The Bertz CT molecular complexity index is 976. The minimum absolute atomic E-state index is 0.0457. The first-order valence-corrected chi connectivity index (χ1v) is 10.8. The maximum Gasteiger partial charge on any atom is 0.410 e. The second-order valence-corrected chi connectivity index (χ2v) is 9.34. The Morgan fingerprint density at radius 2 is 2.00 bits per heavy atom. The average Bonchev–Trinajstić information content (AvgIpc) is 2.72. The lowest BCUT2D eigenvalue weighted by atomic mass is 10.0. The fraction of sp³-hybridized carbons (Fsp3) is 0.522. The number of piperazine rings is 1.